The summed E-state index contributed by atoms with van der Waals surface area (Å²) in [7, 11) is 0. The van der Waals surface area contributed by atoms with E-state index in [2.05, 4.69) is 10.5 Å². The third kappa shape index (κ3) is 6.38. The summed E-state index contributed by atoms with van der Waals surface area (Å²) in [5.74, 6) is -0.232. The Kier molecular flexibility index (Phi) is 7.34. The average molecular weight is 414 g/mol. The number of carbonyl (C=O) groups is 1. The van der Waals surface area contributed by atoms with Gasteiger partial charge >= 0.3 is 0 Å². The number of carbonyl (C=O) groups excluding carboxylic acids is 1. The summed E-state index contributed by atoms with van der Waals surface area (Å²) < 4.78 is 5.24. The van der Waals surface area contributed by atoms with Gasteiger partial charge in [0.2, 0.25) is 0 Å². The molecule has 0 aliphatic carbocycles. The van der Waals surface area contributed by atoms with Crippen molar-refractivity contribution in [2.75, 3.05) is 32.8 Å². The van der Waals surface area contributed by atoms with Crippen LogP contribution < -0.4 is 5.43 Å². The van der Waals surface area contributed by atoms with E-state index >= 15 is 0 Å². The van der Waals surface area contributed by atoms with Crippen molar-refractivity contribution in [3.63, 3.8) is 0 Å². The Bertz CT molecular complexity index is 896. The van der Waals surface area contributed by atoms with Gasteiger partial charge in [0.25, 0.3) is 11.6 Å². The van der Waals surface area contributed by atoms with Crippen LogP contribution in [0.5, 0.6) is 0 Å². The van der Waals surface area contributed by atoms with Gasteiger partial charge in [-0.2, -0.15) is 5.10 Å². The molecule has 1 aliphatic rings. The molecule has 0 saturated carbocycles. The summed E-state index contributed by atoms with van der Waals surface area (Å²) in [6.07, 6.45) is 1.41. The Morgan fingerprint density at radius 1 is 1.28 bits per heavy atom. The van der Waals surface area contributed by atoms with Gasteiger partial charge in [0.15, 0.2) is 0 Å². The molecule has 0 unspecified atom stereocenters. The Balaban J connectivity index is 1.62. The van der Waals surface area contributed by atoms with Crippen LogP contribution in [0.4, 0.5) is 5.69 Å². The van der Waals surface area contributed by atoms with E-state index in [4.69, 9.17) is 4.74 Å². The van der Waals surface area contributed by atoms with Crippen LogP contribution in [0.2, 0.25) is 0 Å². The lowest BCUT2D eigenvalue weighted by atomic mass is 10.2. The number of hydrogen-bond donors (Lipinski definition) is 1. The third-order valence-electron chi connectivity index (χ3n) is 4.30. The molecule has 1 saturated heterocycles. The van der Waals surface area contributed by atoms with Gasteiger partial charge in [-0.05, 0) is 25.1 Å². The molecule has 0 atom stereocenters. The van der Waals surface area contributed by atoms with E-state index < -0.39 is 4.92 Å². The number of hydrazone groups is 1. The minimum absolute atomic E-state index is 0.000770. The van der Waals surface area contributed by atoms with E-state index in [-0.39, 0.29) is 18.1 Å². The zero-order chi connectivity index (χ0) is 20.6. The van der Waals surface area contributed by atoms with Crippen LogP contribution in [0.3, 0.4) is 0 Å². The van der Waals surface area contributed by atoms with Crippen molar-refractivity contribution < 1.29 is 14.5 Å². The summed E-state index contributed by atoms with van der Waals surface area (Å²) in [6.45, 7) is 4.89. The maximum Gasteiger partial charge on any atom is 0.283 e. The van der Waals surface area contributed by atoms with Crippen LogP contribution in [0.1, 0.15) is 11.1 Å². The van der Waals surface area contributed by atoms with Crippen molar-refractivity contribution in [3.05, 3.63) is 63.7 Å². The van der Waals surface area contributed by atoms with Crippen molar-refractivity contribution in [2.24, 2.45) is 5.10 Å². The van der Waals surface area contributed by atoms with Gasteiger partial charge in [-0.25, -0.2) is 5.43 Å². The zero-order valence-corrected chi connectivity index (χ0v) is 16.9. The lowest BCUT2D eigenvalue weighted by Crippen LogP contribution is -2.42. The summed E-state index contributed by atoms with van der Waals surface area (Å²) in [5.41, 5.74) is 4.13. The Morgan fingerprint density at radius 2 is 2.00 bits per heavy atom. The molecule has 1 N–H and O–H groups in total. The molecule has 0 bridgehead atoms. The highest BCUT2D eigenvalue weighted by molar-refractivity contribution is 7.99. The second-order valence-electron chi connectivity index (χ2n) is 6.58. The summed E-state index contributed by atoms with van der Waals surface area (Å²) in [6, 6.07) is 12.7. The minimum Gasteiger partial charge on any atom is -0.379 e. The van der Waals surface area contributed by atoms with Gasteiger partial charge in [-0.15, -0.1) is 0 Å². The molecule has 9 heteroatoms. The first kappa shape index (κ1) is 21.0. The Labute approximate surface area is 173 Å². The molecular formula is C20H22N4O4S. The fourth-order valence-electron chi connectivity index (χ4n) is 2.75. The van der Waals surface area contributed by atoms with Crippen LogP contribution in [-0.4, -0.2) is 54.8 Å². The molecule has 0 aromatic heterocycles. The fourth-order valence-corrected chi connectivity index (χ4v) is 3.65. The number of amides is 1. The number of nitro groups is 1. The van der Waals surface area contributed by atoms with Crippen LogP contribution in [0, 0.1) is 17.0 Å². The monoisotopic (exact) mass is 414 g/mol. The van der Waals surface area contributed by atoms with E-state index in [0.717, 1.165) is 10.5 Å². The van der Waals surface area contributed by atoms with Gasteiger partial charge in [0.05, 0.1) is 35.8 Å². The van der Waals surface area contributed by atoms with Crippen molar-refractivity contribution in [2.45, 2.75) is 16.7 Å². The molecule has 1 fully saturated rings. The zero-order valence-electron chi connectivity index (χ0n) is 16.0. The third-order valence-corrected chi connectivity index (χ3v) is 5.38. The molecule has 8 nitrogen and oxygen atoms in total. The fraction of sp³-hybridized carbons (Fsp3) is 0.300. The largest absolute Gasteiger partial charge is 0.379 e. The molecule has 152 valence electrons. The Hall–Kier alpha value is -2.75. The average Bonchev–Trinajstić information content (AvgIpc) is 2.71. The molecule has 2 aromatic carbocycles. The number of morpholine rings is 1. The smallest absolute Gasteiger partial charge is 0.283 e. The highest BCUT2D eigenvalue weighted by Gasteiger charge is 2.16. The predicted molar refractivity (Wildman–Crippen MR) is 111 cm³/mol. The summed E-state index contributed by atoms with van der Waals surface area (Å²) in [5, 5.41) is 15.4. The number of hydrogen-bond acceptors (Lipinski definition) is 7. The lowest BCUT2D eigenvalue weighted by Gasteiger charge is -2.25. The van der Waals surface area contributed by atoms with Gasteiger partial charge in [0.1, 0.15) is 0 Å². The van der Waals surface area contributed by atoms with Crippen LogP contribution in [-0.2, 0) is 9.53 Å². The topological polar surface area (TPSA) is 97.1 Å². The number of nitro benzene ring substituents is 1. The first-order valence-corrected chi connectivity index (χ1v) is 9.98. The maximum absolute atomic E-state index is 11.9. The second-order valence-corrected chi connectivity index (χ2v) is 7.70. The maximum atomic E-state index is 11.9. The van der Waals surface area contributed by atoms with Crippen molar-refractivity contribution >= 4 is 29.6 Å². The Morgan fingerprint density at radius 3 is 2.69 bits per heavy atom. The van der Waals surface area contributed by atoms with Crippen molar-refractivity contribution in [1.82, 2.24) is 10.3 Å². The normalized spacial score (nSPS) is 14.8. The molecule has 1 amide bonds. The highest BCUT2D eigenvalue weighted by atomic mass is 32.2. The lowest BCUT2D eigenvalue weighted by molar-refractivity contribution is -0.387. The molecule has 29 heavy (non-hydrogen) atoms. The first-order chi connectivity index (χ1) is 14.0. The summed E-state index contributed by atoms with van der Waals surface area (Å²) in [4.78, 5) is 26.5. The van der Waals surface area contributed by atoms with Gasteiger partial charge in [-0.1, -0.05) is 35.5 Å². The van der Waals surface area contributed by atoms with E-state index in [9.17, 15) is 14.9 Å². The number of aryl methyl sites for hydroxylation is 1. The molecule has 0 radical (unpaired) electrons. The molecule has 1 heterocycles. The number of benzene rings is 2. The van der Waals surface area contributed by atoms with E-state index in [1.165, 1.54) is 24.0 Å². The number of ether oxygens (including phenoxy) is 1. The van der Waals surface area contributed by atoms with E-state index in [0.29, 0.717) is 36.8 Å². The van der Waals surface area contributed by atoms with Gasteiger partial charge < -0.3 is 4.74 Å². The molecule has 3 rings (SSSR count). The molecule has 1 aliphatic heterocycles. The second kappa shape index (κ2) is 10.1. The highest BCUT2D eigenvalue weighted by Crippen LogP contribution is 2.35. The summed E-state index contributed by atoms with van der Waals surface area (Å²) >= 11 is 1.34. The van der Waals surface area contributed by atoms with E-state index in [1.54, 1.807) is 12.1 Å². The van der Waals surface area contributed by atoms with Crippen molar-refractivity contribution in [1.29, 1.82) is 0 Å². The molecular weight excluding hydrogens is 392 g/mol. The van der Waals surface area contributed by atoms with Crippen molar-refractivity contribution in [3.8, 4) is 0 Å². The predicted octanol–water partition coefficient (Wildman–Crippen LogP) is 2.84. The molecule has 0 spiro atoms. The van der Waals surface area contributed by atoms with Gasteiger partial charge in [0, 0.05) is 29.6 Å². The standard InChI is InChI=1S/C20H22N4O4S/c1-15-2-5-17(6-3-15)29-19-7-4-16(12-18(19)24(26)27)13-21-22-20(25)14-23-8-10-28-11-9-23/h2-7,12-13H,8-11,14H2,1H3,(H,22,25). The quantitative estimate of drug-likeness (QED) is 0.425. The number of nitrogens with zero attached hydrogens (tertiary/aromatic N) is 3. The van der Waals surface area contributed by atoms with Gasteiger partial charge in [-0.3, -0.25) is 19.8 Å². The van der Waals surface area contributed by atoms with Crippen LogP contribution >= 0.6 is 11.8 Å². The minimum atomic E-state index is -0.412. The number of nitrogens with one attached hydrogen (secondary N) is 1. The SMILES string of the molecule is Cc1ccc(Sc2ccc(C=NNC(=O)CN3CCOCC3)cc2[N+](=O)[O-])cc1. The van der Waals surface area contributed by atoms with Crippen LogP contribution in [0.15, 0.2) is 57.4 Å². The van der Waals surface area contributed by atoms with Crippen LogP contribution in [0.25, 0.3) is 0 Å². The van der Waals surface area contributed by atoms with E-state index in [1.807, 2.05) is 36.1 Å². The first-order valence-electron chi connectivity index (χ1n) is 9.16. The molecule has 2 aromatic rings. The number of rotatable bonds is 7.